The normalized spacial score (nSPS) is 22.7. The van der Waals surface area contributed by atoms with Crippen molar-refractivity contribution in [3.63, 3.8) is 0 Å². The van der Waals surface area contributed by atoms with Crippen molar-refractivity contribution in [3.05, 3.63) is 35.9 Å². The van der Waals surface area contributed by atoms with Crippen LogP contribution >= 0.6 is 0 Å². The van der Waals surface area contributed by atoms with Crippen LogP contribution in [0.5, 0.6) is 0 Å². The number of carbonyl (C=O) groups excluding carboxylic acids is 2. The van der Waals surface area contributed by atoms with Gasteiger partial charge in [-0.15, -0.1) is 0 Å². The van der Waals surface area contributed by atoms with Gasteiger partial charge in [-0.25, -0.2) is 0 Å². The molecule has 7 heteroatoms. The van der Waals surface area contributed by atoms with Gasteiger partial charge in [0.15, 0.2) is 0 Å². The monoisotopic (exact) mass is 413 g/mol. The molecule has 1 saturated heterocycles. The number of ether oxygens (including phenoxy) is 2. The van der Waals surface area contributed by atoms with Crippen molar-refractivity contribution in [3.8, 4) is 6.07 Å². The first-order chi connectivity index (χ1) is 14.7. The Labute approximate surface area is 178 Å². The Kier molecular flexibility index (Phi) is 8.66. The van der Waals surface area contributed by atoms with Crippen LogP contribution in [0, 0.1) is 29.1 Å². The summed E-state index contributed by atoms with van der Waals surface area (Å²) in [7, 11) is 0. The van der Waals surface area contributed by atoms with E-state index in [1.165, 1.54) is 0 Å². The number of hydrogen-bond donors (Lipinski definition) is 1. The second-order valence-electron chi connectivity index (χ2n) is 8.01. The van der Waals surface area contributed by atoms with Gasteiger partial charge < -0.3 is 19.7 Å². The molecular weight excluding hydrogens is 382 g/mol. The fourth-order valence-electron chi connectivity index (χ4n) is 4.15. The van der Waals surface area contributed by atoms with Gasteiger partial charge in [0.25, 0.3) is 0 Å². The largest absolute Gasteiger partial charge is 0.378 e. The molecule has 30 heavy (non-hydrogen) atoms. The van der Waals surface area contributed by atoms with Gasteiger partial charge in [0.2, 0.25) is 11.8 Å². The van der Waals surface area contributed by atoms with Crippen LogP contribution in [-0.2, 0) is 25.7 Å². The fourth-order valence-corrected chi connectivity index (χ4v) is 4.15. The first-order valence-electron chi connectivity index (χ1n) is 10.8. The number of rotatable bonds is 8. The van der Waals surface area contributed by atoms with E-state index < -0.39 is 5.92 Å². The maximum absolute atomic E-state index is 13.0. The minimum absolute atomic E-state index is 0.0705. The Morgan fingerprint density at radius 1 is 1.17 bits per heavy atom. The smallest absolute Gasteiger partial charge is 0.226 e. The highest BCUT2D eigenvalue weighted by molar-refractivity contribution is 5.88. The van der Waals surface area contributed by atoms with Crippen LogP contribution in [0.1, 0.15) is 31.2 Å². The van der Waals surface area contributed by atoms with Crippen molar-refractivity contribution in [2.24, 2.45) is 17.8 Å². The quantitative estimate of drug-likeness (QED) is 0.705. The van der Waals surface area contributed by atoms with E-state index in [9.17, 15) is 14.9 Å². The van der Waals surface area contributed by atoms with Gasteiger partial charge in [-0.3, -0.25) is 9.59 Å². The molecule has 1 saturated carbocycles. The van der Waals surface area contributed by atoms with Gasteiger partial charge in [0, 0.05) is 31.5 Å². The maximum Gasteiger partial charge on any atom is 0.226 e. The third-order valence-corrected chi connectivity index (χ3v) is 5.88. The highest BCUT2D eigenvalue weighted by atomic mass is 16.5. The molecule has 7 nitrogen and oxygen atoms in total. The van der Waals surface area contributed by atoms with Crippen molar-refractivity contribution in [2.75, 3.05) is 39.5 Å². The van der Waals surface area contributed by atoms with E-state index in [1.807, 2.05) is 35.2 Å². The molecule has 1 aromatic rings. The van der Waals surface area contributed by atoms with Gasteiger partial charge in [0.1, 0.15) is 0 Å². The molecule has 3 atom stereocenters. The number of nitrogens with one attached hydrogen (secondary N) is 1. The Balaban J connectivity index is 1.47. The van der Waals surface area contributed by atoms with E-state index in [-0.39, 0.29) is 36.8 Å². The number of morpholine rings is 1. The number of amides is 2. The summed E-state index contributed by atoms with van der Waals surface area (Å²) in [6.07, 6.45) is 3.38. The lowest BCUT2D eigenvalue weighted by molar-refractivity contribution is -0.146. The van der Waals surface area contributed by atoms with Crippen LogP contribution in [0.25, 0.3) is 0 Å². The van der Waals surface area contributed by atoms with Gasteiger partial charge in [0.05, 0.1) is 38.4 Å². The Bertz CT molecular complexity index is 728. The lowest BCUT2D eigenvalue weighted by Crippen LogP contribution is -2.49. The topological polar surface area (TPSA) is 91.7 Å². The lowest BCUT2D eigenvalue weighted by Gasteiger charge is -2.35. The first kappa shape index (κ1) is 22.3. The van der Waals surface area contributed by atoms with E-state index in [0.717, 1.165) is 24.8 Å². The zero-order valence-electron chi connectivity index (χ0n) is 17.4. The van der Waals surface area contributed by atoms with E-state index in [0.29, 0.717) is 39.3 Å². The van der Waals surface area contributed by atoms with E-state index >= 15 is 0 Å². The summed E-state index contributed by atoms with van der Waals surface area (Å²) in [6, 6.07) is 12.0. The Morgan fingerprint density at radius 2 is 1.87 bits per heavy atom. The summed E-state index contributed by atoms with van der Waals surface area (Å²) in [5.74, 6) is -1.06. The molecule has 1 heterocycles. The highest BCUT2D eigenvalue weighted by Crippen LogP contribution is 2.32. The van der Waals surface area contributed by atoms with Crippen LogP contribution in [0.2, 0.25) is 0 Å². The molecule has 1 aliphatic carbocycles. The molecular formula is C23H31N3O4. The summed E-state index contributed by atoms with van der Waals surface area (Å²) in [5, 5.41) is 12.3. The number of hydrogen-bond acceptors (Lipinski definition) is 5. The van der Waals surface area contributed by atoms with Gasteiger partial charge >= 0.3 is 0 Å². The maximum atomic E-state index is 13.0. The molecule has 1 N–H and O–H groups in total. The molecule has 1 aliphatic heterocycles. The Hall–Kier alpha value is -2.43. The summed E-state index contributed by atoms with van der Waals surface area (Å²) >= 11 is 0. The van der Waals surface area contributed by atoms with Crippen LogP contribution in [0.3, 0.4) is 0 Å². The molecule has 2 amide bonds. The molecule has 0 aromatic heterocycles. The second-order valence-corrected chi connectivity index (χ2v) is 8.01. The van der Waals surface area contributed by atoms with Crippen LogP contribution < -0.4 is 5.32 Å². The van der Waals surface area contributed by atoms with E-state index in [4.69, 9.17) is 9.47 Å². The minimum atomic E-state index is -0.422. The number of nitriles is 1. The number of carbonyl (C=O) groups is 2. The van der Waals surface area contributed by atoms with Gasteiger partial charge in [-0.05, 0) is 18.4 Å². The Morgan fingerprint density at radius 3 is 2.57 bits per heavy atom. The average Bonchev–Trinajstić information content (AvgIpc) is 2.81. The van der Waals surface area contributed by atoms with Crippen molar-refractivity contribution < 1.29 is 19.1 Å². The first-order valence-corrected chi connectivity index (χ1v) is 10.8. The van der Waals surface area contributed by atoms with Crippen molar-refractivity contribution in [1.82, 2.24) is 10.2 Å². The van der Waals surface area contributed by atoms with E-state index in [1.54, 1.807) is 0 Å². The van der Waals surface area contributed by atoms with Crippen molar-refractivity contribution >= 4 is 11.8 Å². The average molecular weight is 414 g/mol. The highest BCUT2D eigenvalue weighted by Gasteiger charge is 2.38. The van der Waals surface area contributed by atoms with E-state index in [2.05, 4.69) is 11.4 Å². The molecule has 2 aliphatic rings. The molecule has 3 rings (SSSR count). The van der Waals surface area contributed by atoms with Gasteiger partial charge in [-0.1, -0.05) is 43.2 Å². The predicted octanol–water partition coefficient (Wildman–Crippen LogP) is 2.12. The molecule has 3 unspecified atom stereocenters. The van der Waals surface area contributed by atoms with Crippen LogP contribution in [0.4, 0.5) is 0 Å². The van der Waals surface area contributed by atoms with Crippen molar-refractivity contribution in [1.29, 1.82) is 5.26 Å². The molecule has 0 bridgehead atoms. The number of nitrogens with zero attached hydrogens (tertiary/aromatic N) is 2. The molecule has 0 radical (unpaired) electrons. The number of benzene rings is 1. The zero-order valence-corrected chi connectivity index (χ0v) is 17.4. The fraction of sp³-hybridized carbons (Fsp3) is 0.609. The minimum Gasteiger partial charge on any atom is -0.378 e. The molecule has 2 fully saturated rings. The third-order valence-electron chi connectivity index (χ3n) is 5.88. The molecule has 0 spiro atoms. The van der Waals surface area contributed by atoms with Crippen LogP contribution in [-0.4, -0.2) is 56.2 Å². The standard InChI is InChI=1S/C23H31N3O4/c24-14-19(17-30-16-18-6-2-1-3-7-18)15-25-22(27)20-8-4-5-9-21(20)23(28)26-10-12-29-13-11-26/h1-3,6-7,19-21H,4-5,8-13,15-17H2,(H,25,27). The zero-order chi connectivity index (χ0) is 21.2. The summed E-state index contributed by atoms with van der Waals surface area (Å²) in [4.78, 5) is 27.6. The second kappa shape index (κ2) is 11.7. The molecule has 162 valence electrons. The molecule has 1 aromatic carbocycles. The SMILES string of the molecule is N#CC(CNC(=O)C1CCCCC1C(=O)N1CCOCC1)COCc1ccccc1. The van der Waals surface area contributed by atoms with Gasteiger partial charge in [-0.2, -0.15) is 5.26 Å². The summed E-state index contributed by atoms with van der Waals surface area (Å²) in [6.45, 7) is 3.24. The third kappa shape index (κ3) is 6.28. The predicted molar refractivity (Wildman–Crippen MR) is 111 cm³/mol. The van der Waals surface area contributed by atoms with Crippen LogP contribution in [0.15, 0.2) is 30.3 Å². The lowest BCUT2D eigenvalue weighted by atomic mass is 9.77. The summed E-state index contributed by atoms with van der Waals surface area (Å²) < 4.78 is 11.0. The van der Waals surface area contributed by atoms with Crippen molar-refractivity contribution in [2.45, 2.75) is 32.3 Å². The summed E-state index contributed by atoms with van der Waals surface area (Å²) in [5.41, 5.74) is 1.05.